The molecule has 0 aliphatic carbocycles. The number of esters is 1. The van der Waals surface area contributed by atoms with Crippen LogP contribution in [-0.4, -0.2) is 116 Å². The van der Waals surface area contributed by atoms with Gasteiger partial charge in [0.15, 0.2) is 6.29 Å². The molecule has 2 aliphatic rings. The highest BCUT2D eigenvalue weighted by molar-refractivity contribution is 5.69. The van der Waals surface area contributed by atoms with E-state index in [1.807, 2.05) is 0 Å². The largest absolute Gasteiger partial charge is 0.463 e. The van der Waals surface area contributed by atoms with E-state index in [4.69, 9.17) is 18.9 Å². The summed E-state index contributed by atoms with van der Waals surface area (Å²) in [6.45, 7) is 0.144. The van der Waals surface area contributed by atoms with E-state index in [1.54, 1.807) is 0 Å². The lowest BCUT2D eigenvalue weighted by Crippen LogP contribution is -2.62. The van der Waals surface area contributed by atoms with Gasteiger partial charge in [0.25, 0.3) is 0 Å². The second-order valence-electron chi connectivity index (χ2n) is 11.8. The predicted molar refractivity (Wildman–Crippen MR) is 152 cm³/mol. The van der Waals surface area contributed by atoms with Gasteiger partial charge < -0.3 is 54.7 Å². The standard InChI is InChI=1S/C30H56O12/c1-2-3-4-5-6-7-8-9-10-11-12-13-14-15-16-17-23(33)39-19-22-25(35)28(38)30(20-32,41-22)42-29-27(37)26(36)24(34)21(18-31)40-29/h21-22,24-29,31-32,34-38H,2-20H2,1H3/t21-,22-,24-,25-,26+,27-,28+,29-,30+/m1/s1. The zero-order chi connectivity index (χ0) is 31.0. The van der Waals surface area contributed by atoms with Crippen molar-refractivity contribution in [1.29, 1.82) is 0 Å². The van der Waals surface area contributed by atoms with Crippen molar-refractivity contribution < 1.29 is 59.5 Å². The fourth-order valence-electron chi connectivity index (χ4n) is 5.51. The number of hydrogen-bond acceptors (Lipinski definition) is 12. The lowest BCUT2D eigenvalue weighted by atomic mass is 9.99. The van der Waals surface area contributed by atoms with Crippen molar-refractivity contribution in [3.8, 4) is 0 Å². The molecule has 9 atom stereocenters. The molecule has 0 unspecified atom stereocenters. The van der Waals surface area contributed by atoms with E-state index >= 15 is 0 Å². The van der Waals surface area contributed by atoms with Crippen LogP contribution in [0.25, 0.3) is 0 Å². The maximum Gasteiger partial charge on any atom is 0.305 e. The van der Waals surface area contributed by atoms with Crippen LogP contribution < -0.4 is 0 Å². The van der Waals surface area contributed by atoms with E-state index in [1.165, 1.54) is 70.6 Å². The van der Waals surface area contributed by atoms with Gasteiger partial charge in [0.1, 0.15) is 55.9 Å². The number of ether oxygens (including phenoxy) is 4. The Hall–Kier alpha value is -0.930. The average Bonchev–Trinajstić information content (AvgIpc) is 3.23. The van der Waals surface area contributed by atoms with Crippen LogP contribution in [0, 0.1) is 0 Å². The van der Waals surface area contributed by atoms with E-state index in [0.29, 0.717) is 6.42 Å². The summed E-state index contributed by atoms with van der Waals surface area (Å²) in [5, 5.41) is 70.4. The first-order chi connectivity index (χ1) is 20.2. The van der Waals surface area contributed by atoms with Crippen LogP contribution in [0.1, 0.15) is 110 Å². The number of aliphatic hydroxyl groups is 7. The van der Waals surface area contributed by atoms with E-state index in [2.05, 4.69) is 6.92 Å². The third-order valence-corrected chi connectivity index (χ3v) is 8.28. The van der Waals surface area contributed by atoms with Crippen molar-refractivity contribution in [2.45, 2.75) is 164 Å². The monoisotopic (exact) mass is 608 g/mol. The van der Waals surface area contributed by atoms with E-state index in [-0.39, 0.29) is 6.42 Å². The number of carbonyl (C=O) groups is 1. The number of carbonyl (C=O) groups excluding carboxylic acids is 1. The maximum absolute atomic E-state index is 12.2. The maximum atomic E-state index is 12.2. The van der Waals surface area contributed by atoms with Gasteiger partial charge in [0.05, 0.1) is 6.61 Å². The van der Waals surface area contributed by atoms with E-state index < -0.39 is 80.6 Å². The number of unbranched alkanes of at least 4 members (excludes halogenated alkanes) is 14. The van der Waals surface area contributed by atoms with Crippen LogP contribution in [0.2, 0.25) is 0 Å². The lowest BCUT2D eigenvalue weighted by Gasteiger charge is -2.43. The van der Waals surface area contributed by atoms with Gasteiger partial charge in [-0.15, -0.1) is 0 Å². The van der Waals surface area contributed by atoms with Crippen molar-refractivity contribution >= 4 is 5.97 Å². The highest BCUT2D eigenvalue weighted by atomic mass is 16.8. The fourth-order valence-corrected chi connectivity index (χ4v) is 5.51. The number of rotatable bonds is 22. The van der Waals surface area contributed by atoms with Gasteiger partial charge in [0.2, 0.25) is 5.79 Å². The van der Waals surface area contributed by atoms with Crippen molar-refractivity contribution in [3.63, 3.8) is 0 Å². The molecule has 0 radical (unpaired) electrons. The average molecular weight is 609 g/mol. The van der Waals surface area contributed by atoms with Crippen LogP contribution >= 0.6 is 0 Å². The van der Waals surface area contributed by atoms with Gasteiger partial charge in [-0.2, -0.15) is 0 Å². The predicted octanol–water partition coefficient (Wildman–Crippen LogP) is 1.42. The molecule has 12 nitrogen and oxygen atoms in total. The fraction of sp³-hybridized carbons (Fsp3) is 0.967. The molecule has 2 aliphatic heterocycles. The number of hydrogen-bond donors (Lipinski definition) is 7. The first-order valence-electron chi connectivity index (χ1n) is 16.0. The summed E-state index contributed by atoms with van der Waals surface area (Å²) in [5.41, 5.74) is 0. The molecule has 2 heterocycles. The Labute approximate surface area is 249 Å². The smallest absolute Gasteiger partial charge is 0.305 e. The van der Waals surface area contributed by atoms with Crippen LogP contribution in [-0.2, 0) is 23.7 Å². The zero-order valence-electron chi connectivity index (χ0n) is 25.2. The van der Waals surface area contributed by atoms with Crippen molar-refractivity contribution in [2.24, 2.45) is 0 Å². The Morgan fingerprint density at radius 2 is 1.21 bits per heavy atom. The van der Waals surface area contributed by atoms with Gasteiger partial charge in [-0.1, -0.05) is 96.8 Å². The normalized spacial score (nSPS) is 33.2. The molecule has 0 aromatic heterocycles. The first kappa shape index (κ1) is 37.3. The second-order valence-corrected chi connectivity index (χ2v) is 11.8. The zero-order valence-corrected chi connectivity index (χ0v) is 25.2. The molecular weight excluding hydrogens is 552 g/mol. The SMILES string of the molecule is CCCCCCCCCCCCCCCCCC(=O)OC[C@H]1O[C@@](CO)(O[C@H]2O[C@H](CO)[C@@H](O)[C@H](O)[C@H]2O)[C@@H](O)[C@@H]1O. The van der Waals surface area contributed by atoms with Crippen LogP contribution in [0.4, 0.5) is 0 Å². The Bertz CT molecular complexity index is 724. The Morgan fingerprint density at radius 3 is 1.71 bits per heavy atom. The molecule has 2 rings (SSSR count). The quantitative estimate of drug-likeness (QED) is 0.0691. The first-order valence-corrected chi connectivity index (χ1v) is 16.0. The van der Waals surface area contributed by atoms with Crippen LogP contribution in [0.3, 0.4) is 0 Å². The highest BCUT2D eigenvalue weighted by Gasteiger charge is 2.58. The lowest BCUT2D eigenvalue weighted by molar-refractivity contribution is -0.383. The molecular formula is C30H56O12. The summed E-state index contributed by atoms with van der Waals surface area (Å²) in [6, 6.07) is 0. The van der Waals surface area contributed by atoms with Crippen molar-refractivity contribution in [2.75, 3.05) is 19.8 Å². The summed E-state index contributed by atoms with van der Waals surface area (Å²) in [7, 11) is 0. The third-order valence-electron chi connectivity index (χ3n) is 8.28. The molecule has 0 amide bonds. The third kappa shape index (κ3) is 11.5. The molecule has 2 fully saturated rings. The van der Waals surface area contributed by atoms with Crippen LogP contribution in [0.5, 0.6) is 0 Å². The molecule has 0 bridgehead atoms. The molecule has 12 heteroatoms. The van der Waals surface area contributed by atoms with Gasteiger partial charge in [-0.25, -0.2) is 0 Å². The molecule has 42 heavy (non-hydrogen) atoms. The minimum absolute atomic E-state index is 0.205. The summed E-state index contributed by atoms with van der Waals surface area (Å²) < 4.78 is 21.5. The molecule has 0 spiro atoms. The summed E-state index contributed by atoms with van der Waals surface area (Å²) in [5.74, 6) is -2.76. The topological polar surface area (TPSA) is 196 Å². The summed E-state index contributed by atoms with van der Waals surface area (Å²) in [6.07, 6.45) is 5.59. The summed E-state index contributed by atoms with van der Waals surface area (Å²) in [4.78, 5) is 12.2. The second kappa shape index (κ2) is 20.2. The molecule has 2 saturated heterocycles. The van der Waals surface area contributed by atoms with Gasteiger partial charge in [0, 0.05) is 6.42 Å². The highest BCUT2D eigenvalue weighted by Crippen LogP contribution is 2.36. The Kier molecular flexibility index (Phi) is 17.9. The Balaban J connectivity index is 1.60. The minimum atomic E-state index is -2.28. The molecule has 0 aromatic rings. The van der Waals surface area contributed by atoms with Crippen molar-refractivity contribution in [1.82, 2.24) is 0 Å². The van der Waals surface area contributed by atoms with E-state index in [9.17, 15) is 40.5 Å². The molecule has 248 valence electrons. The summed E-state index contributed by atoms with van der Waals surface area (Å²) >= 11 is 0. The number of aliphatic hydroxyl groups excluding tert-OH is 7. The molecule has 0 aromatic carbocycles. The molecule has 0 saturated carbocycles. The molecule has 7 N–H and O–H groups in total. The van der Waals surface area contributed by atoms with Crippen molar-refractivity contribution in [3.05, 3.63) is 0 Å². The van der Waals surface area contributed by atoms with Gasteiger partial charge in [-0.05, 0) is 6.42 Å². The van der Waals surface area contributed by atoms with Gasteiger partial charge in [-0.3, -0.25) is 4.79 Å². The van der Waals surface area contributed by atoms with E-state index in [0.717, 1.165) is 19.3 Å². The minimum Gasteiger partial charge on any atom is -0.463 e. The Morgan fingerprint density at radius 1 is 0.690 bits per heavy atom. The van der Waals surface area contributed by atoms with Gasteiger partial charge >= 0.3 is 5.97 Å². The van der Waals surface area contributed by atoms with Crippen LogP contribution in [0.15, 0.2) is 0 Å².